The highest BCUT2D eigenvalue weighted by molar-refractivity contribution is 5.59. The molecule has 0 N–H and O–H groups in total. The molecule has 0 aliphatic rings. The molecule has 2 aromatic carbocycles. The van der Waals surface area contributed by atoms with Crippen LogP contribution in [0.25, 0.3) is 11.3 Å². The van der Waals surface area contributed by atoms with Crippen LogP contribution in [0.5, 0.6) is 5.75 Å². The molecular weight excluding hydrogens is 352 g/mol. The van der Waals surface area contributed by atoms with E-state index in [0.717, 1.165) is 5.56 Å². The van der Waals surface area contributed by atoms with E-state index in [1.807, 2.05) is 29.0 Å². The predicted octanol–water partition coefficient (Wildman–Crippen LogP) is 4.44. The molecule has 2 heterocycles. The fraction of sp³-hybridized carbons (Fsp3) is 0.100. The highest BCUT2D eigenvalue weighted by Gasteiger charge is 2.10. The zero-order valence-electron chi connectivity index (χ0n) is 14.2. The van der Waals surface area contributed by atoms with Crippen LogP contribution < -0.4 is 4.74 Å². The number of aromatic nitrogens is 3. The van der Waals surface area contributed by atoms with Crippen LogP contribution >= 0.6 is 0 Å². The molecule has 5 nitrogen and oxygen atoms in total. The van der Waals surface area contributed by atoms with Gasteiger partial charge in [-0.15, -0.1) is 0 Å². The van der Waals surface area contributed by atoms with Crippen molar-refractivity contribution in [1.82, 2.24) is 14.7 Å². The van der Waals surface area contributed by atoms with E-state index in [9.17, 15) is 8.78 Å². The minimum Gasteiger partial charge on any atom is -0.489 e. The average molecular weight is 367 g/mol. The summed E-state index contributed by atoms with van der Waals surface area (Å²) in [4.78, 5) is 3.98. The summed E-state index contributed by atoms with van der Waals surface area (Å²) in [5, 5.41) is 4.06. The maximum absolute atomic E-state index is 13.6. The van der Waals surface area contributed by atoms with Crippen LogP contribution in [0.2, 0.25) is 0 Å². The Hall–Kier alpha value is -3.48. The standard InChI is InChI=1S/C20H15F2N3O2/c21-18-2-1-3-19(22)17(18)12-26-15-6-4-14(5-7-15)20-10-16(27-24-20)11-25-9-8-23-13-25/h1-10,13H,11-12H2. The van der Waals surface area contributed by atoms with Gasteiger partial charge in [-0.25, -0.2) is 13.8 Å². The molecule has 4 rings (SSSR count). The first-order chi connectivity index (χ1) is 13.2. The van der Waals surface area contributed by atoms with Gasteiger partial charge in [0.15, 0.2) is 5.76 Å². The highest BCUT2D eigenvalue weighted by atomic mass is 19.1. The molecule has 4 aromatic rings. The first kappa shape index (κ1) is 17.0. The number of rotatable bonds is 6. The van der Waals surface area contributed by atoms with Crippen molar-refractivity contribution in [3.8, 4) is 17.0 Å². The molecular formula is C20H15F2N3O2. The number of ether oxygens (including phenoxy) is 1. The Morgan fingerprint density at radius 1 is 1.04 bits per heavy atom. The third-order valence-corrected chi connectivity index (χ3v) is 4.05. The molecule has 0 radical (unpaired) electrons. The minimum atomic E-state index is -0.625. The summed E-state index contributed by atoms with van der Waals surface area (Å²) in [6, 6.07) is 12.6. The number of hydrogen-bond donors (Lipinski definition) is 0. The topological polar surface area (TPSA) is 53.1 Å². The van der Waals surface area contributed by atoms with Gasteiger partial charge in [0, 0.05) is 24.0 Å². The molecule has 7 heteroatoms. The van der Waals surface area contributed by atoms with Gasteiger partial charge in [-0.05, 0) is 36.4 Å². The van der Waals surface area contributed by atoms with Gasteiger partial charge in [0.2, 0.25) is 0 Å². The van der Waals surface area contributed by atoms with E-state index in [-0.39, 0.29) is 12.2 Å². The largest absolute Gasteiger partial charge is 0.489 e. The van der Waals surface area contributed by atoms with Gasteiger partial charge >= 0.3 is 0 Å². The Morgan fingerprint density at radius 3 is 2.52 bits per heavy atom. The summed E-state index contributed by atoms with van der Waals surface area (Å²) in [6.45, 7) is 0.360. The first-order valence-corrected chi connectivity index (χ1v) is 8.26. The Labute approximate surface area is 153 Å². The van der Waals surface area contributed by atoms with Crippen molar-refractivity contribution in [3.63, 3.8) is 0 Å². The summed E-state index contributed by atoms with van der Waals surface area (Å²) in [5.41, 5.74) is 1.44. The van der Waals surface area contributed by atoms with Gasteiger partial charge in [-0.2, -0.15) is 0 Å². The van der Waals surface area contributed by atoms with E-state index in [1.54, 1.807) is 24.7 Å². The van der Waals surface area contributed by atoms with Crippen LogP contribution in [0.1, 0.15) is 11.3 Å². The molecule has 0 saturated carbocycles. The van der Waals surface area contributed by atoms with E-state index < -0.39 is 11.6 Å². The van der Waals surface area contributed by atoms with Crippen LogP contribution in [0.3, 0.4) is 0 Å². The van der Waals surface area contributed by atoms with E-state index in [4.69, 9.17) is 9.26 Å². The van der Waals surface area contributed by atoms with Crippen LogP contribution in [0, 0.1) is 11.6 Å². The smallest absolute Gasteiger partial charge is 0.157 e. The lowest BCUT2D eigenvalue weighted by Gasteiger charge is -2.08. The quantitative estimate of drug-likeness (QED) is 0.505. The molecule has 0 unspecified atom stereocenters. The molecule has 136 valence electrons. The number of imidazole rings is 1. The average Bonchev–Trinajstić information content (AvgIpc) is 3.34. The second-order valence-electron chi connectivity index (χ2n) is 5.93. The Balaban J connectivity index is 1.42. The minimum absolute atomic E-state index is 0.0952. The van der Waals surface area contributed by atoms with Crippen molar-refractivity contribution in [3.05, 3.63) is 90.2 Å². The fourth-order valence-corrected chi connectivity index (χ4v) is 2.63. The number of hydrogen-bond acceptors (Lipinski definition) is 4. The first-order valence-electron chi connectivity index (χ1n) is 8.26. The lowest BCUT2D eigenvalue weighted by molar-refractivity contribution is 0.292. The van der Waals surface area contributed by atoms with Crippen LogP contribution in [0.4, 0.5) is 8.78 Å². The van der Waals surface area contributed by atoms with E-state index in [1.165, 1.54) is 18.2 Å². The Morgan fingerprint density at radius 2 is 1.81 bits per heavy atom. The molecule has 0 fully saturated rings. The molecule has 0 amide bonds. The molecule has 0 aliphatic heterocycles. The monoisotopic (exact) mass is 367 g/mol. The second-order valence-corrected chi connectivity index (χ2v) is 5.93. The van der Waals surface area contributed by atoms with Crippen LogP contribution in [-0.4, -0.2) is 14.7 Å². The van der Waals surface area contributed by atoms with E-state index in [0.29, 0.717) is 23.7 Å². The fourth-order valence-electron chi connectivity index (χ4n) is 2.63. The van der Waals surface area contributed by atoms with Gasteiger partial charge in [-0.3, -0.25) is 0 Å². The van der Waals surface area contributed by atoms with Crippen LogP contribution in [0.15, 0.2) is 71.8 Å². The zero-order valence-corrected chi connectivity index (χ0v) is 14.2. The molecule has 0 aliphatic carbocycles. The second kappa shape index (κ2) is 7.41. The molecule has 2 aromatic heterocycles. The Kier molecular flexibility index (Phi) is 4.65. The van der Waals surface area contributed by atoms with Gasteiger partial charge in [0.25, 0.3) is 0 Å². The van der Waals surface area contributed by atoms with Crippen molar-refractivity contribution in [2.45, 2.75) is 13.2 Å². The van der Waals surface area contributed by atoms with Gasteiger partial charge in [0.05, 0.1) is 18.4 Å². The maximum Gasteiger partial charge on any atom is 0.157 e. The van der Waals surface area contributed by atoms with Crippen LogP contribution in [-0.2, 0) is 13.2 Å². The molecule has 0 bridgehead atoms. The predicted molar refractivity (Wildman–Crippen MR) is 94.0 cm³/mol. The lowest BCUT2D eigenvalue weighted by Crippen LogP contribution is -2.01. The third kappa shape index (κ3) is 3.87. The maximum atomic E-state index is 13.6. The normalized spacial score (nSPS) is 10.9. The molecule has 0 atom stereocenters. The number of benzene rings is 2. The number of halogens is 2. The summed E-state index contributed by atoms with van der Waals surface area (Å²) in [5.74, 6) is -0.0406. The SMILES string of the molecule is Fc1cccc(F)c1COc1ccc(-c2cc(Cn3ccnc3)on2)cc1. The van der Waals surface area contributed by atoms with E-state index in [2.05, 4.69) is 10.1 Å². The summed E-state index contributed by atoms with van der Waals surface area (Å²) < 4.78 is 40.0. The number of nitrogens with zero attached hydrogens (tertiary/aromatic N) is 3. The molecule has 27 heavy (non-hydrogen) atoms. The summed E-state index contributed by atoms with van der Waals surface area (Å²) in [7, 11) is 0. The third-order valence-electron chi connectivity index (χ3n) is 4.05. The van der Waals surface area contributed by atoms with Crippen molar-refractivity contribution in [1.29, 1.82) is 0 Å². The van der Waals surface area contributed by atoms with Crippen molar-refractivity contribution >= 4 is 0 Å². The van der Waals surface area contributed by atoms with Crippen molar-refractivity contribution in [2.24, 2.45) is 0 Å². The lowest BCUT2D eigenvalue weighted by atomic mass is 10.1. The van der Waals surface area contributed by atoms with Gasteiger partial charge in [-0.1, -0.05) is 11.2 Å². The Bertz CT molecular complexity index is 1010. The van der Waals surface area contributed by atoms with Crippen molar-refractivity contribution in [2.75, 3.05) is 0 Å². The summed E-state index contributed by atoms with van der Waals surface area (Å²) in [6.07, 6.45) is 5.24. The molecule has 0 spiro atoms. The molecule has 0 saturated heterocycles. The van der Waals surface area contributed by atoms with Crippen molar-refractivity contribution < 1.29 is 18.0 Å². The highest BCUT2D eigenvalue weighted by Crippen LogP contribution is 2.23. The van der Waals surface area contributed by atoms with Gasteiger partial charge < -0.3 is 13.8 Å². The van der Waals surface area contributed by atoms with Gasteiger partial charge in [0.1, 0.15) is 29.7 Å². The summed E-state index contributed by atoms with van der Waals surface area (Å²) >= 11 is 0. The zero-order chi connectivity index (χ0) is 18.6. The van der Waals surface area contributed by atoms with E-state index >= 15 is 0 Å².